The Morgan fingerprint density at radius 2 is 2.12 bits per heavy atom. The molecule has 0 unspecified atom stereocenters. The quantitative estimate of drug-likeness (QED) is 0.492. The zero-order chi connectivity index (χ0) is 18.4. The first-order valence-electron chi connectivity index (χ1n) is 7.14. The minimum Gasteiger partial charge on any atom is -0.478 e. The molecular weight excluding hydrogens is 358 g/mol. The molecule has 1 aliphatic heterocycles. The van der Waals surface area contributed by atoms with Crippen LogP contribution in [0.2, 0.25) is 0 Å². The van der Waals surface area contributed by atoms with Crippen molar-refractivity contribution in [3.8, 4) is 11.3 Å². The van der Waals surface area contributed by atoms with Crippen molar-refractivity contribution >= 4 is 40.2 Å². The normalized spacial score (nSPS) is 13.4. The second-order valence-corrected chi connectivity index (χ2v) is 6.59. The molecule has 0 aliphatic carbocycles. The second-order valence-electron chi connectivity index (χ2n) is 4.86. The van der Waals surface area contributed by atoms with E-state index < -0.39 is 5.97 Å². The molecule has 0 radical (unpaired) electrons. The Kier molecular flexibility index (Phi) is 6.32. The third kappa shape index (κ3) is 4.68. The number of aromatic carboxylic acids is 1. The number of carbonyl (C=O) groups excluding carboxylic acids is 1. The number of thioether (sulfide) groups is 1. The summed E-state index contributed by atoms with van der Waals surface area (Å²) in [6, 6.07) is 10.2. The number of carboxylic acid groups (broad SMARTS) is 1. The first kappa shape index (κ1) is 18.7. The molecule has 0 atom stereocenters. The highest BCUT2D eigenvalue weighted by Crippen LogP contribution is 2.28. The van der Waals surface area contributed by atoms with Crippen molar-refractivity contribution in [1.82, 2.24) is 4.90 Å². The maximum Gasteiger partial charge on any atom is 0.335 e. The molecule has 2 heterocycles. The Labute approximate surface area is 154 Å². The van der Waals surface area contributed by atoms with Gasteiger partial charge in [-0.25, -0.2) is 4.79 Å². The number of hydrogen-bond donors (Lipinski definition) is 1. The van der Waals surface area contributed by atoms with E-state index in [9.17, 15) is 9.59 Å². The highest BCUT2D eigenvalue weighted by Gasteiger charge is 2.29. The molecule has 3 rings (SSSR count). The highest BCUT2D eigenvalue weighted by atomic mass is 32.2. The molecule has 0 bridgehead atoms. The van der Waals surface area contributed by atoms with Gasteiger partial charge in [-0.3, -0.25) is 9.69 Å². The predicted molar refractivity (Wildman–Crippen MR) is 102 cm³/mol. The monoisotopic (exact) mass is 373 g/mol. The van der Waals surface area contributed by atoms with Gasteiger partial charge in [-0.1, -0.05) is 48.8 Å². The lowest BCUT2D eigenvalue weighted by Gasteiger charge is -2.09. The van der Waals surface area contributed by atoms with Crippen LogP contribution in [0.5, 0.6) is 0 Å². The van der Waals surface area contributed by atoms with Gasteiger partial charge in [-0.05, 0) is 24.3 Å². The Morgan fingerprint density at radius 1 is 1.36 bits per heavy atom. The summed E-state index contributed by atoms with van der Waals surface area (Å²) in [7, 11) is 0. The van der Waals surface area contributed by atoms with Crippen LogP contribution in [0.1, 0.15) is 10.4 Å². The summed E-state index contributed by atoms with van der Waals surface area (Å²) < 4.78 is 5.73. The number of furan rings is 1. The highest BCUT2D eigenvalue weighted by molar-refractivity contribution is 8.26. The van der Waals surface area contributed by atoms with Crippen LogP contribution in [-0.4, -0.2) is 32.7 Å². The summed E-state index contributed by atoms with van der Waals surface area (Å²) in [5, 5.41) is 8.78. The minimum atomic E-state index is -0.932. The molecule has 7 heteroatoms. The van der Waals surface area contributed by atoms with Crippen LogP contribution in [0, 0.1) is 0 Å². The molecule has 2 aromatic rings. The van der Waals surface area contributed by atoms with Crippen LogP contribution in [0.3, 0.4) is 0 Å². The zero-order valence-electron chi connectivity index (χ0n) is 13.2. The molecular formula is C18H15NO4S2. The van der Waals surface area contributed by atoms with Gasteiger partial charge in [0.25, 0.3) is 5.91 Å². The van der Waals surface area contributed by atoms with E-state index in [1.807, 2.05) is 6.07 Å². The third-order valence-electron chi connectivity index (χ3n) is 3.14. The van der Waals surface area contributed by atoms with E-state index in [-0.39, 0.29) is 11.5 Å². The van der Waals surface area contributed by atoms with E-state index in [0.717, 1.165) is 5.56 Å². The molecule has 1 aromatic heterocycles. The molecule has 1 aliphatic rings. The summed E-state index contributed by atoms with van der Waals surface area (Å²) >= 11 is 6.16. The summed E-state index contributed by atoms with van der Waals surface area (Å²) in [6.07, 6.45) is 3.20. The Morgan fingerprint density at radius 3 is 2.64 bits per heavy atom. The van der Waals surface area contributed by atoms with Crippen LogP contribution in [0.15, 0.2) is 71.2 Å². The number of amides is 1. The largest absolute Gasteiger partial charge is 0.478 e. The molecule has 1 saturated heterocycles. The Bertz CT molecular complexity index is 827. The van der Waals surface area contributed by atoms with Gasteiger partial charge in [0.1, 0.15) is 10.1 Å². The summed E-state index contributed by atoms with van der Waals surface area (Å²) in [5.41, 5.74) is 1.04. The number of rotatable bonds is 4. The van der Waals surface area contributed by atoms with Gasteiger partial charge < -0.3 is 9.52 Å². The first-order valence-corrected chi connectivity index (χ1v) is 8.37. The average Bonchev–Trinajstić information content (AvgIpc) is 3.21. The van der Waals surface area contributed by atoms with Crippen LogP contribution >= 0.6 is 24.0 Å². The molecule has 0 spiro atoms. The summed E-state index contributed by atoms with van der Waals surface area (Å²) in [4.78, 5) is 23.8. The van der Waals surface area contributed by atoms with Gasteiger partial charge in [-0.2, -0.15) is 0 Å². The van der Waals surface area contributed by atoms with E-state index in [2.05, 4.69) is 13.2 Å². The lowest BCUT2D eigenvalue weighted by molar-refractivity contribution is -0.121. The van der Waals surface area contributed by atoms with Crippen molar-refractivity contribution < 1.29 is 19.1 Å². The van der Waals surface area contributed by atoms with E-state index >= 15 is 0 Å². The third-order valence-corrected chi connectivity index (χ3v) is 4.43. The van der Waals surface area contributed by atoms with Crippen LogP contribution < -0.4 is 0 Å². The number of hydrogen-bond acceptors (Lipinski definition) is 5. The van der Waals surface area contributed by atoms with Crippen molar-refractivity contribution in [2.24, 2.45) is 0 Å². The van der Waals surface area contributed by atoms with Gasteiger partial charge in [0.05, 0.1) is 16.7 Å². The van der Waals surface area contributed by atoms with Gasteiger partial charge in [0.2, 0.25) is 0 Å². The molecule has 1 aromatic carbocycles. The van der Waals surface area contributed by atoms with Gasteiger partial charge in [0, 0.05) is 12.1 Å². The van der Waals surface area contributed by atoms with Gasteiger partial charge in [0.15, 0.2) is 0 Å². The second kappa shape index (κ2) is 8.46. The van der Waals surface area contributed by atoms with Crippen molar-refractivity contribution in [1.29, 1.82) is 0 Å². The fraction of sp³-hybridized carbons (Fsp3) is 0.0556. The molecule has 0 saturated carbocycles. The molecule has 128 valence electrons. The average molecular weight is 373 g/mol. The van der Waals surface area contributed by atoms with Gasteiger partial charge in [-0.15, -0.1) is 6.58 Å². The van der Waals surface area contributed by atoms with E-state index in [0.29, 0.717) is 21.5 Å². The minimum absolute atomic E-state index is 0.0973. The maximum absolute atomic E-state index is 11.2. The topological polar surface area (TPSA) is 70.8 Å². The number of carbonyl (C=O) groups is 2. The predicted octanol–water partition coefficient (Wildman–Crippen LogP) is 4.19. The van der Waals surface area contributed by atoms with Crippen molar-refractivity contribution in [2.75, 3.05) is 6.54 Å². The van der Waals surface area contributed by atoms with Gasteiger partial charge >= 0.3 is 5.97 Å². The van der Waals surface area contributed by atoms with Crippen molar-refractivity contribution in [3.63, 3.8) is 0 Å². The zero-order valence-corrected chi connectivity index (χ0v) is 14.8. The smallest absolute Gasteiger partial charge is 0.335 e. The number of thiocarbonyl (C=S) groups is 1. The van der Waals surface area contributed by atoms with Crippen LogP contribution in [0.4, 0.5) is 0 Å². The lowest BCUT2D eigenvalue weighted by Crippen LogP contribution is -2.27. The maximum atomic E-state index is 11.2. The number of benzene rings is 1. The SMILES string of the molecule is C=CCN1C(=O)C(=C)SC1=S.O=C(O)c1cccc(-c2ccco2)c1. The fourth-order valence-electron chi connectivity index (χ4n) is 1.97. The number of carboxylic acids is 1. The summed E-state index contributed by atoms with van der Waals surface area (Å²) in [6.45, 7) is 7.57. The van der Waals surface area contributed by atoms with Crippen LogP contribution in [0.25, 0.3) is 11.3 Å². The van der Waals surface area contributed by atoms with E-state index in [1.54, 1.807) is 42.7 Å². The lowest BCUT2D eigenvalue weighted by atomic mass is 10.1. The standard InChI is InChI=1S/C11H8O3.C7H7NOS2/c12-11(13)9-4-1-3-8(7-9)10-5-2-6-14-10;1-3-4-8-6(9)5(2)11-7(8)10/h1-7H,(H,12,13);3H,1-2,4H2. The first-order chi connectivity index (χ1) is 11.9. The molecule has 1 amide bonds. The Balaban J connectivity index is 0.000000186. The van der Waals surface area contributed by atoms with E-state index in [1.165, 1.54) is 16.7 Å². The van der Waals surface area contributed by atoms with Crippen LogP contribution in [-0.2, 0) is 4.79 Å². The summed E-state index contributed by atoms with van der Waals surface area (Å²) in [5.74, 6) is -0.355. The van der Waals surface area contributed by atoms with E-state index in [4.69, 9.17) is 21.7 Å². The molecule has 5 nitrogen and oxygen atoms in total. The molecule has 1 fully saturated rings. The van der Waals surface area contributed by atoms with Crippen molar-refractivity contribution in [3.05, 3.63) is 72.4 Å². The van der Waals surface area contributed by atoms with Crippen molar-refractivity contribution in [2.45, 2.75) is 0 Å². The molecule has 1 N–H and O–H groups in total. The number of nitrogens with zero attached hydrogens (tertiary/aromatic N) is 1. The molecule has 25 heavy (non-hydrogen) atoms. The fourth-order valence-corrected chi connectivity index (χ4v) is 3.11. The Hall–Kier alpha value is -2.64.